The Morgan fingerprint density at radius 1 is 0.951 bits per heavy atom. The molecule has 7 heteroatoms. The molecule has 0 bridgehead atoms. The molecule has 0 aliphatic heterocycles. The fraction of sp³-hybridized carbons (Fsp3) is 0.882. The van der Waals surface area contributed by atoms with Crippen LogP contribution in [0.25, 0.3) is 0 Å². The lowest BCUT2D eigenvalue weighted by Crippen LogP contribution is -2.73. The van der Waals surface area contributed by atoms with Crippen molar-refractivity contribution >= 4 is 11.9 Å². The van der Waals surface area contributed by atoms with Gasteiger partial charge in [0.25, 0.3) is 0 Å². The van der Waals surface area contributed by atoms with Crippen LogP contribution < -0.4 is 0 Å². The largest absolute Gasteiger partial charge is 0.465 e. The van der Waals surface area contributed by atoms with E-state index in [2.05, 4.69) is 33.8 Å². The number of hydrogen-bond acceptors (Lipinski definition) is 7. The number of fused-ring (bicyclic) bond motifs is 5. The van der Waals surface area contributed by atoms with Crippen molar-refractivity contribution in [3.63, 3.8) is 0 Å². The molecule has 7 nitrogen and oxygen atoms in total. The Morgan fingerprint density at radius 2 is 1.59 bits per heavy atom. The van der Waals surface area contributed by atoms with Crippen molar-refractivity contribution in [2.45, 2.75) is 131 Å². The van der Waals surface area contributed by atoms with Crippen LogP contribution in [-0.4, -0.2) is 57.8 Å². The molecule has 0 spiro atoms. The van der Waals surface area contributed by atoms with E-state index in [1.54, 1.807) is 0 Å². The third-order valence-electron chi connectivity index (χ3n) is 13.0. The van der Waals surface area contributed by atoms with Gasteiger partial charge in [-0.1, -0.05) is 46.8 Å². The van der Waals surface area contributed by atoms with E-state index in [1.807, 2.05) is 26.8 Å². The van der Waals surface area contributed by atoms with Crippen LogP contribution in [0, 0.1) is 51.2 Å². The quantitative estimate of drug-likeness (QED) is 0.273. The van der Waals surface area contributed by atoms with Crippen LogP contribution in [-0.2, 0) is 19.1 Å². The van der Waals surface area contributed by atoms with Gasteiger partial charge < -0.3 is 24.8 Å². The summed E-state index contributed by atoms with van der Waals surface area (Å²) in [5, 5.41) is 33.6. The Morgan fingerprint density at radius 3 is 2.17 bits per heavy atom. The van der Waals surface area contributed by atoms with Gasteiger partial charge in [0.15, 0.2) is 0 Å². The lowest BCUT2D eigenvalue weighted by molar-refractivity contribution is -0.299. The first-order valence-corrected chi connectivity index (χ1v) is 15.9. The van der Waals surface area contributed by atoms with Gasteiger partial charge in [-0.25, -0.2) is 0 Å². The molecular formula is C34H56O7. The van der Waals surface area contributed by atoms with E-state index in [0.29, 0.717) is 17.8 Å². The number of allylic oxidation sites excluding steroid dienone is 1. The van der Waals surface area contributed by atoms with Crippen LogP contribution in [0.3, 0.4) is 0 Å². The standard InChI is InChI=1S/C34H56O7/c1-20(11-10-16-30(4,5)39)23-14-17-32(7)24(23)12-13-26-33(32,8)18-15-25-31(6,19-40-21(2)35)29(41-22(3)36)27(37)28(38)34(25,26)9/h10,16,20,23-29,37-39H,11-15,17-19H2,1-9H3. The van der Waals surface area contributed by atoms with E-state index in [9.17, 15) is 24.9 Å². The van der Waals surface area contributed by atoms with Crippen LogP contribution >= 0.6 is 0 Å². The minimum Gasteiger partial charge on any atom is -0.465 e. The third kappa shape index (κ3) is 5.20. The van der Waals surface area contributed by atoms with Gasteiger partial charge in [-0.2, -0.15) is 0 Å². The summed E-state index contributed by atoms with van der Waals surface area (Å²) in [7, 11) is 0. The maximum atomic E-state index is 12.1. The first-order valence-electron chi connectivity index (χ1n) is 15.9. The van der Waals surface area contributed by atoms with Crippen molar-refractivity contribution in [3.05, 3.63) is 12.2 Å². The second-order valence-electron chi connectivity index (χ2n) is 15.8. The van der Waals surface area contributed by atoms with Gasteiger partial charge in [0.05, 0.1) is 11.7 Å². The summed E-state index contributed by atoms with van der Waals surface area (Å²) < 4.78 is 11.3. The lowest BCUT2D eigenvalue weighted by atomic mass is 9.34. The summed E-state index contributed by atoms with van der Waals surface area (Å²) in [5.74, 6) is 0.854. The van der Waals surface area contributed by atoms with Gasteiger partial charge >= 0.3 is 11.9 Å². The maximum absolute atomic E-state index is 12.1. The number of aliphatic hydroxyl groups is 3. The van der Waals surface area contributed by atoms with Gasteiger partial charge in [-0.05, 0) is 99.2 Å². The zero-order chi connectivity index (χ0) is 30.8. The summed E-state index contributed by atoms with van der Waals surface area (Å²) in [4.78, 5) is 24.1. The molecular weight excluding hydrogens is 520 g/mol. The average Bonchev–Trinajstić information content (AvgIpc) is 3.22. The zero-order valence-electron chi connectivity index (χ0n) is 26.9. The molecule has 234 valence electrons. The molecule has 4 aliphatic rings. The van der Waals surface area contributed by atoms with E-state index in [1.165, 1.54) is 20.3 Å². The lowest BCUT2D eigenvalue weighted by Gasteiger charge is -2.71. The Bertz CT molecular complexity index is 1030. The average molecular weight is 577 g/mol. The van der Waals surface area contributed by atoms with Gasteiger partial charge in [0.2, 0.25) is 0 Å². The van der Waals surface area contributed by atoms with E-state index in [-0.39, 0.29) is 29.3 Å². The molecule has 12 atom stereocenters. The molecule has 12 unspecified atom stereocenters. The maximum Gasteiger partial charge on any atom is 0.303 e. The van der Waals surface area contributed by atoms with Crippen molar-refractivity contribution in [2.24, 2.45) is 51.2 Å². The highest BCUT2D eigenvalue weighted by Crippen LogP contribution is 2.75. The van der Waals surface area contributed by atoms with Crippen LogP contribution in [0.4, 0.5) is 0 Å². The SMILES string of the molecule is CC(=O)OCC1(C)C(OC(C)=O)C(O)C(O)C2(C)C1CCC1(C)C2CCC2C(C(C)CC=CC(C)(C)O)CCC21C. The highest BCUT2D eigenvalue weighted by atomic mass is 16.6. The molecule has 0 saturated heterocycles. The van der Waals surface area contributed by atoms with E-state index >= 15 is 0 Å². The number of hydrogen-bond donors (Lipinski definition) is 3. The van der Waals surface area contributed by atoms with Gasteiger partial charge in [0.1, 0.15) is 18.8 Å². The van der Waals surface area contributed by atoms with Crippen LogP contribution in [0.1, 0.15) is 107 Å². The second-order valence-corrected chi connectivity index (χ2v) is 15.8. The summed E-state index contributed by atoms with van der Waals surface area (Å²) in [6.07, 6.45) is 7.89. The van der Waals surface area contributed by atoms with Crippen molar-refractivity contribution in [3.8, 4) is 0 Å². The number of aliphatic hydroxyl groups excluding tert-OH is 2. The highest BCUT2D eigenvalue weighted by Gasteiger charge is 2.73. The highest BCUT2D eigenvalue weighted by molar-refractivity contribution is 5.67. The van der Waals surface area contributed by atoms with E-state index in [4.69, 9.17) is 9.47 Å². The van der Waals surface area contributed by atoms with Gasteiger partial charge in [-0.3, -0.25) is 9.59 Å². The van der Waals surface area contributed by atoms with E-state index in [0.717, 1.165) is 38.5 Å². The van der Waals surface area contributed by atoms with Gasteiger partial charge in [0, 0.05) is 24.7 Å². The number of ether oxygens (including phenoxy) is 2. The molecule has 4 fully saturated rings. The molecule has 0 aromatic carbocycles. The van der Waals surface area contributed by atoms with Crippen molar-refractivity contribution in [1.29, 1.82) is 0 Å². The van der Waals surface area contributed by atoms with Crippen LogP contribution in [0.15, 0.2) is 12.2 Å². The Hall–Kier alpha value is -1.44. The summed E-state index contributed by atoms with van der Waals surface area (Å²) in [5.41, 5.74) is -2.19. The molecule has 0 radical (unpaired) electrons. The number of rotatable bonds is 7. The topological polar surface area (TPSA) is 113 Å². The first kappa shape index (κ1) is 32.5. The zero-order valence-corrected chi connectivity index (χ0v) is 26.9. The molecule has 3 N–H and O–H groups in total. The van der Waals surface area contributed by atoms with Crippen molar-refractivity contribution < 1.29 is 34.4 Å². The normalized spacial score (nSPS) is 46.8. The molecule has 4 rings (SSSR count). The molecule has 0 aromatic rings. The van der Waals surface area contributed by atoms with Gasteiger partial charge in [-0.15, -0.1) is 0 Å². The molecule has 0 aromatic heterocycles. The fourth-order valence-electron chi connectivity index (χ4n) is 10.9. The minimum absolute atomic E-state index is 0.0319. The number of esters is 2. The third-order valence-corrected chi connectivity index (χ3v) is 13.0. The molecule has 0 heterocycles. The fourth-order valence-corrected chi connectivity index (χ4v) is 10.9. The summed E-state index contributed by atoms with van der Waals surface area (Å²) >= 11 is 0. The minimum atomic E-state index is -1.27. The number of carbonyl (C=O) groups excluding carboxylic acids is 2. The number of carbonyl (C=O) groups is 2. The summed E-state index contributed by atoms with van der Waals surface area (Å²) in [6, 6.07) is 0. The Balaban J connectivity index is 1.68. The second kappa shape index (κ2) is 10.9. The van der Waals surface area contributed by atoms with Crippen molar-refractivity contribution in [1.82, 2.24) is 0 Å². The van der Waals surface area contributed by atoms with E-state index < -0.39 is 46.7 Å². The Labute approximate surface area is 247 Å². The molecule has 0 amide bonds. The monoisotopic (exact) mass is 576 g/mol. The predicted molar refractivity (Wildman–Crippen MR) is 158 cm³/mol. The summed E-state index contributed by atoms with van der Waals surface area (Å²) in [6.45, 7) is 17.7. The van der Waals surface area contributed by atoms with Crippen molar-refractivity contribution in [2.75, 3.05) is 6.61 Å². The molecule has 4 saturated carbocycles. The smallest absolute Gasteiger partial charge is 0.303 e. The predicted octanol–water partition coefficient (Wildman–Crippen LogP) is 5.44. The molecule has 41 heavy (non-hydrogen) atoms. The Kier molecular flexibility index (Phi) is 8.65. The first-order chi connectivity index (χ1) is 18.8. The van der Waals surface area contributed by atoms with Crippen LogP contribution in [0.5, 0.6) is 0 Å². The molecule has 4 aliphatic carbocycles. The van der Waals surface area contributed by atoms with Crippen LogP contribution in [0.2, 0.25) is 0 Å².